The Balaban J connectivity index is 2.16. The smallest absolute Gasteiger partial charge is 0.334 e. The number of cyclic esters (lactones) is 1. The second kappa shape index (κ2) is 8.50. The van der Waals surface area contributed by atoms with Crippen LogP contribution in [0.1, 0.15) is 67.4 Å². The van der Waals surface area contributed by atoms with Crippen molar-refractivity contribution in [2.75, 3.05) is 13.2 Å². The molecule has 2 aliphatic rings. The SMILES string of the molecule is O=C(O)CNC(=O)c1c(O)n(C2CCCCC2)c(=O)n(C2CCOC(=O)C2)c1=O. The second-order valence-corrected chi connectivity index (χ2v) is 7.26. The maximum Gasteiger partial charge on any atom is 0.334 e. The van der Waals surface area contributed by atoms with E-state index in [-0.39, 0.29) is 19.4 Å². The number of nitrogens with zero attached hydrogens (tertiary/aromatic N) is 2. The Bertz CT molecular complexity index is 942. The predicted octanol–water partition coefficient (Wildman–Crippen LogP) is -0.0867. The number of aliphatic carboxylic acids is 1. The number of carboxylic acid groups (broad SMARTS) is 1. The first-order valence-electron chi connectivity index (χ1n) is 9.57. The molecular weight excluding hydrogens is 386 g/mol. The molecule has 1 aliphatic carbocycles. The summed E-state index contributed by atoms with van der Waals surface area (Å²) >= 11 is 0. The fourth-order valence-corrected chi connectivity index (χ4v) is 3.95. The van der Waals surface area contributed by atoms with Gasteiger partial charge >= 0.3 is 17.6 Å². The second-order valence-electron chi connectivity index (χ2n) is 7.26. The molecule has 1 unspecified atom stereocenters. The number of amides is 1. The minimum atomic E-state index is -1.33. The van der Waals surface area contributed by atoms with Gasteiger partial charge in [-0.25, -0.2) is 4.79 Å². The van der Waals surface area contributed by atoms with Crippen molar-refractivity contribution in [1.82, 2.24) is 14.5 Å². The lowest BCUT2D eigenvalue weighted by molar-refractivity contribution is -0.148. The third-order valence-corrected chi connectivity index (χ3v) is 5.35. The van der Waals surface area contributed by atoms with E-state index in [1.807, 2.05) is 5.32 Å². The average molecular weight is 409 g/mol. The van der Waals surface area contributed by atoms with Crippen LogP contribution in [0.15, 0.2) is 9.59 Å². The van der Waals surface area contributed by atoms with Crippen LogP contribution in [0, 0.1) is 0 Å². The van der Waals surface area contributed by atoms with E-state index < -0.39 is 59.2 Å². The number of hydrogen-bond acceptors (Lipinski definition) is 7. The van der Waals surface area contributed by atoms with Gasteiger partial charge in [0.1, 0.15) is 6.54 Å². The summed E-state index contributed by atoms with van der Waals surface area (Å²) in [6, 6.07) is -1.21. The van der Waals surface area contributed by atoms with Gasteiger partial charge in [-0.2, -0.15) is 0 Å². The molecule has 1 saturated carbocycles. The molecule has 0 aromatic carbocycles. The van der Waals surface area contributed by atoms with E-state index >= 15 is 0 Å². The van der Waals surface area contributed by atoms with E-state index in [2.05, 4.69) is 0 Å². The molecule has 1 saturated heterocycles. The maximum absolute atomic E-state index is 13.1. The number of aromatic nitrogens is 2. The van der Waals surface area contributed by atoms with Crippen molar-refractivity contribution in [3.8, 4) is 5.88 Å². The Hall–Kier alpha value is -3.11. The molecule has 2 fully saturated rings. The number of nitrogens with one attached hydrogen (secondary N) is 1. The molecule has 1 atom stereocenters. The molecule has 3 rings (SSSR count). The van der Waals surface area contributed by atoms with Crippen LogP contribution in [-0.2, 0) is 14.3 Å². The number of hydrogen-bond donors (Lipinski definition) is 3. The number of carbonyl (C=O) groups excluding carboxylic acids is 2. The van der Waals surface area contributed by atoms with Gasteiger partial charge in [-0.05, 0) is 12.8 Å². The highest BCUT2D eigenvalue weighted by Crippen LogP contribution is 2.31. The van der Waals surface area contributed by atoms with Gasteiger partial charge in [0.25, 0.3) is 11.5 Å². The van der Waals surface area contributed by atoms with Gasteiger partial charge in [-0.1, -0.05) is 19.3 Å². The van der Waals surface area contributed by atoms with E-state index in [0.717, 1.165) is 28.4 Å². The first-order valence-corrected chi connectivity index (χ1v) is 9.57. The number of carbonyl (C=O) groups is 3. The van der Waals surface area contributed by atoms with Crippen LogP contribution in [0.3, 0.4) is 0 Å². The standard InChI is InChI=1S/C18H23N3O8/c22-12(23)9-19-15(25)14-16(26)20(10-4-2-1-3-5-10)18(28)21(17(14)27)11-6-7-29-13(24)8-11/h10-11,26H,1-9H2,(H,19,25)(H,22,23). The van der Waals surface area contributed by atoms with Crippen LogP contribution in [0.25, 0.3) is 0 Å². The lowest BCUT2D eigenvalue weighted by Crippen LogP contribution is -2.48. The van der Waals surface area contributed by atoms with Crippen LogP contribution in [0.2, 0.25) is 0 Å². The normalized spacial score (nSPS) is 20.1. The molecule has 0 bridgehead atoms. The number of aromatic hydroxyl groups is 1. The minimum Gasteiger partial charge on any atom is -0.494 e. The van der Waals surface area contributed by atoms with Gasteiger partial charge in [0.05, 0.1) is 19.1 Å². The van der Waals surface area contributed by atoms with E-state index in [4.69, 9.17) is 9.84 Å². The van der Waals surface area contributed by atoms with Crippen molar-refractivity contribution in [3.05, 3.63) is 26.4 Å². The molecule has 1 amide bonds. The number of carboxylic acids is 1. The quantitative estimate of drug-likeness (QED) is 0.570. The van der Waals surface area contributed by atoms with Gasteiger partial charge in [-0.15, -0.1) is 0 Å². The number of rotatable bonds is 5. The molecule has 11 nitrogen and oxygen atoms in total. The molecule has 158 valence electrons. The summed E-state index contributed by atoms with van der Waals surface area (Å²) in [5, 5.41) is 21.5. The zero-order valence-corrected chi connectivity index (χ0v) is 15.8. The molecule has 1 aliphatic heterocycles. The summed E-state index contributed by atoms with van der Waals surface area (Å²) < 4.78 is 6.73. The van der Waals surface area contributed by atoms with Crippen LogP contribution < -0.4 is 16.6 Å². The third-order valence-electron chi connectivity index (χ3n) is 5.35. The molecule has 0 radical (unpaired) electrons. The molecule has 3 N–H and O–H groups in total. The zero-order chi connectivity index (χ0) is 21.1. The monoisotopic (exact) mass is 409 g/mol. The van der Waals surface area contributed by atoms with Crippen molar-refractivity contribution >= 4 is 17.8 Å². The number of ether oxygens (including phenoxy) is 1. The van der Waals surface area contributed by atoms with Gasteiger partial charge < -0.3 is 20.3 Å². The lowest BCUT2D eigenvalue weighted by Gasteiger charge is -2.29. The molecule has 2 heterocycles. The van der Waals surface area contributed by atoms with Gasteiger partial charge in [0, 0.05) is 12.5 Å². The largest absolute Gasteiger partial charge is 0.494 e. The lowest BCUT2D eigenvalue weighted by atomic mass is 9.95. The molecule has 1 aromatic heterocycles. The van der Waals surface area contributed by atoms with Gasteiger partial charge in [0.2, 0.25) is 5.88 Å². The Labute approximate surface area is 164 Å². The van der Waals surface area contributed by atoms with Crippen molar-refractivity contribution in [3.63, 3.8) is 0 Å². The summed E-state index contributed by atoms with van der Waals surface area (Å²) in [7, 11) is 0. The fraction of sp³-hybridized carbons (Fsp3) is 0.611. The highest BCUT2D eigenvalue weighted by atomic mass is 16.5. The first-order chi connectivity index (χ1) is 13.8. The Morgan fingerprint density at radius 2 is 1.72 bits per heavy atom. The highest BCUT2D eigenvalue weighted by molar-refractivity contribution is 5.97. The summed E-state index contributed by atoms with van der Waals surface area (Å²) in [6.07, 6.45) is 3.82. The topological polar surface area (TPSA) is 157 Å². The van der Waals surface area contributed by atoms with Crippen LogP contribution >= 0.6 is 0 Å². The molecular formula is C18H23N3O8. The van der Waals surface area contributed by atoms with E-state index in [0.29, 0.717) is 12.8 Å². The van der Waals surface area contributed by atoms with Gasteiger partial charge in [-0.3, -0.25) is 28.3 Å². The van der Waals surface area contributed by atoms with Crippen LogP contribution in [-0.4, -0.2) is 50.3 Å². The van der Waals surface area contributed by atoms with Crippen LogP contribution in [0.4, 0.5) is 0 Å². The van der Waals surface area contributed by atoms with E-state index in [1.54, 1.807) is 0 Å². The van der Waals surface area contributed by atoms with Crippen LogP contribution in [0.5, 0.6) is 5.88 Å². The highest BCUT2D eigenvalue weighted by Gasteiger charge is 2.33. The Morgan fingerprint density at radius 3 is 2.34 bits per heavy atom. The number of esters is 1. The predicted molar refractivity (Wildman–Crippen MR) is 97.9 cm³/mol. The molecule has 29 heavy (non-hydrogen) atoms. The summed E-state index contributed by atoms with van der Waals surface area (Å²) in [6.45, 7) is -0.726. The Morgan fingerprint density at radius 1 is 1.03 bits per heavy atom. The van der Waals surface area contributed by atoms with E-state index in [1.165, 1.54) is 0 Å². The zero-order valence-electron chi connectivity index (χ0n) is 15.8. The minimum absolute atomic E-state index is 0.0280. The first kappa shape index (κ1) is 20.6. The van der Waals surface area contributed by atoms with Crippen molar-refractivity contribution < 1.29 is 29.3 Å². The molecule has 1 aromatic rings. The van der Waals surface area contributed by atoms with Gasteiger partial charge in [0.15, 0.2) is 5.56 Å². The summed E-state index contributed by atoms with van der Waals surface area (Å²) in [5.41, 5.74) is -2.54. The third kappa shape index (κ3) is 4.17. The fourth-order valence-electron chi connectivity index (χ4n) is 3.95. The van der Waals surface area contributed by atoms with E-state index in [9.17, 15) is 29.1 Å². The van der Waals surface area contributed by atoms with Crippen molar-refractivity contribution in [2.45, 2.75) is 57.0 Å². The maximum atomic E-state index is 13.1. The van der Waals surface area contributed by atoms with Crippen molar-refractivity contribution in [2.24, 2.45) is 0 Å². The Kier molecular flexibility index (Phi) is 6.04. The van der Waals surface area contributed by atoms with Crippen molar-refractivity contribution in [1.29, 1.82) is 0 Å². The average Bonchev–Trinajstić information content (AvgIpc) is 2.67. The summed E-state index contributed by atoms with van der Waals surface area (Å²) in [4.78, 5) is 61.0. The molecule has 11 heteroatoms. The summed E-state index contributed by atoms with van der Waals surface area (Å²) in [5.74, 6) is -3.76. The molecule has 0 spiro atoms.